The van der Waals surface area contributed by atoms with Crippen molar-refractivity contribution < 1.29 is 14.3 Å². The minimum atomic E-state index is -0.416. The average Bonchev–Trinajstić information content (AvgIpc) is 2.43. The normalized spacial score (nSPS) is 11.7. The number of rotatable bonds is 6. The molecule has 0 fully saturated rings. The van der Waals surface area contributed by atoms with Crippen LogP contribution in [0.1, 0.15) is 17.2 Å². The number of amides is 1. The number of benzene rings is 1. The lowest BCUT2D eigenvalue weighted by Gasteiger charge is -2.14. The van der Waals surface area contributed by atoms with E-state index in [0.717, 1.165) is 5.56 Å². The van der Waals surface area contributed by atoms with Gasteiger partial charge in [0.1, 0.15) is 5.25 Å². The summed E-state index contributed by atoms with van der Waals surface area (Å²) in [6.07, 6.45) is 0.266. The zero-order valence-corrected chi connectivity index (χ0v) is 10.9. The number of nitrogens with two attached hydrogens (primary N) is 1. The number of esters is 1. The van der Waals surface area contributed by atoms with Gasteiger partial charge >= 0.3 is 5.97 Å². The maximum absolute atomic E-state index is 11.7. The Morgan fingerprint density at radius 1 is 1.39 bits per heavy atom. The molecule has 0 aromatic heterocycles. The first-order valence-corrected chi connectivity index (χ1v) is 6.47. The second-order valence-electron chi connectivity index (χ2n) is 3.50. The van der Waals surface area contributed by atoms with E-state index in [0.29, 0.717) is 5.75 Å². The zero-order chi connectivity index (χ0) is 13.4. The molecule has 1 aromatic carbocycles. The Kier molecular flexibility index (Phi) is 6.24. The van der Waals surface area contributed by atoms with Crippen molar-refractivity contribution in [2.75, 3.05) is 12.9 Å². The number of nitrogens with one attached hydrogen (secondary N) is 1. The van der Waals surface area contributed by atoms with E-state index in [4.69, 9.17) is 5.84 Å². The molecule has 0 spiro atoms. The molecule has 5 nitrogen and oxygen atoms in total. The van der Waals surface area contributed by atoms with Gasteiger partial charge in [-0.3, -0.25) is 15.0 Å². The molecule has 98 valence electrons. The molecule has 1 rings (SSSR count). The molecule has 0 heterocycles. The zero-order valence-electron chi connectivity index (χ0n) is 10.1. The topological polar surface area (TPSA) is 81.4 Å². The van der Waals surface area contributed by atoms with Gasteiger partial charge in [0.2, 0.25) is 0 Å². The van der Waals surface area contributed by atoms with Crippen LogP contribution in [0.5, 0.6) is 0 Å². The number of hydrogen-bond acceptors (Lipinski definition) is 5. The number of methoxy groups -OCH3 is 1. The molecule has 0 radical (unpaired) electrons. The molecule has 0 bridgehead atoms. The fourth-order valence-corrected chi connectivity index (χ4v) is 2.48. The molecule has 1 atom stereocenters. The van der Waals surface area contributed by atoms with Crippen LogP contribution in [-0.4, -0.2) is 24.7 Å². The third-order valence-electron chi connectivity index (χ3n) is 2.30. The number of ether oxygens (including phenoxy) is 1. The van der Waals surface area contributed by atoms with Crippen LogP contribution in [0.4, 0.5) is 0 Å². The van der Waals surface area contributed by atoms with Gasteiger partial charge in [0.25, 0.3) is 5.91 Å². The molecule has 0 aliphatic heterocycles. The second-order valence-corrected chi connectivity index (χ2v) is 4.71. The molecular weight excluding hydrogens is 252 g/mol. The van der Waals surface area contributed by atoms with Crippen LogP contribution in [0, 0.1) is 0 Å². The molecule has 3 N–H and O–H groups in total. The number of hydrazine groups is 1. The summed E-state index contributed by atoms with van der Waals surface area (Å²) < 4.78 is 4.55. The Morgan fingerprint density at radius 3 is 2.61 bits per heavy atom. The van der Waals surface area contributed by atoms with Gasteiger partial charge in [-0.2, -0.15) is 0 Å². The van der Waals surface area contributed by atoms with Crippen LogP contribution in [-0.2, 0) is 14.3 Å². The molecule has 0 aliphatic rings. The smallest absolute Gasteiger partial charge is 0.306 e. The van der Waals surface area contributed by atoms with E-state index < -0.39 is 5.25 Å². The Labute approximate surface area is 110 Å². The van der Waals surface area contributed by atoms with Gasteiger partial charge in [0.05, 0.1) is 13.5 Å². The minimum Gasteiger partial charge on any atom is -0.469 e. The number of thioether (sulfide) groups is 1. The summed E-state index contributed by atoms with van der Waals surface area (Å²) in [5, 5.41) is -0.416. The fourth-order valence-electron chi connectivity index (χ4n) is 1.39. The first-order chi connectivity index (χ1) is 8.69. The van der Waals surface area contributed by atoms with E-state index in [1.807, 2.05) is 30.3 Å². The lowest BCUT2D eigenvalue weighted by atomic mass is 10.1. The Balaban J connectivity index is 2.63. The van der Waals surface area contributed by atoms with Gasteiger partial charge in [-0.1, -0.05) is 30.3 Å². The minimum absolute atomic E-state index is 0.266. The van der Waals surface area contributed by atoms with Gasteiger partial charge in [-0.05, 0) is 5.56 Å². The van der Waals surface area contributed by atoms with Gasteiger partial charge in [-0.15, -0.1) is 11.8 Å². The Bertz CT molecular complexity index is 398. The summed E-state index contributed by atoms with van der Waals surface area (Å²) in [6, 6.07) is 9.29. The lowest BCUT2D eigenvalue weighted by Crippen LogP contribution is -2.33. The van der Waals surface area contributed by atoms with Crippen LogP contribution in [0.2, 0.25) is 0 Å². The SMILES string of the molecule is COC(=O)CCSC(C(=O)NN)c1ccccc1. The predicted octanol–water partition coefficient (Wildman–Crippen LogP) is 1.01. The van der Waals surface area contributed by atoms with Crippen molar-refractivity contribution in [3.8, 4) is 0 Å². The fraction of sp³-hybridized carbons (Fsp3) is 0.333. The van der Waals surface area contributed by atoms with Crippen molar-refractivity contribution in [3.05, 3.63) is 35.9 Å². The highest BCUT2D eigenvalue weighted by atomic mass is 32.2. The number of carbonyl (C=O) groups is 2. The standard InChI is InChI=1S/C12H16N2O3S/c1-17-10(15)7-8-18-11(12(16)14-13)9-5-3-2-4-6-9/h2-6,11H,7-8,13H2,1H3,(H,14,16). The van der Waals surface area contributed by atoms with Crippen molar-refractivity contribution in [1.29, 1.82) is 0 Å². The van der Waals surface area contributed by atoms with Crippen LogP contribution < -0.4 is 11.3 Å². The van der Waals surface area contributed by atoms with Crippen molar-refractivity contribution in [2.45, 2.75) is 11.7 Å². The largest absolute Gasteiger partial charge is 0.469 e. The third kappa shape index (κ3) is 4.38. The van der Waals surface area contributed by atoms with Gasteiger partial charge in [0.15, 0.2) is 0 Å². The van der Waals surface area contributed by atoms with E-state index in [9.17, 15) is 9.59 Å². The highest BCUT2D eigenvalue weighted by molar-refractivity contribution is 8.00. The maximum Gasteiger partial charge on any atom is 0.306 e. The van der Waals surface area contributed by atoms with E-state index in [1.54, 1.807) is 0 Å². The lowest BCUT2D eigenvalue weighted by molar-refractivity contribution is -0.140. The molecule has 0 saturated heterocycles. The summed E-state index contributed by atoms with van der Waals surface area (Å²) in [6.45, 7) is 0. The van der Waals surface area contributed by atoms with Crippen LogP contribution in [0.15, 0.2) is 30.3 Å². The van der Waals surface area contributed by atoms with Crippen molar-refractivity contribution in [2.24, 2.45) is 5.84 Å². The summed E-state index contributed by atoms with van der Waals surface area (Å²) in [4.78, 5) is 22.7. The molecular formula is C12H16N2O3S. The Hall–Kier alpha value is -1.53. The maximum atomic E-state index is 11.7. The molecule has 1 amide bonds. The van der Waals surface area contributed by atoms with Crippen molar-refractivity contribution in [1.82, 2.24) is 5.43 Å². The summed E-state index contributed by atoms with van der Waals surface area (Å²) in [5.41, 5.74) is 3.00. The first-order valence-electron chi connectivity index (χ1n) is 5.43. The van der Waals surface area contributed by atoms with Gasteiger partial charge < -0.3 is 4.74 Å². The van der Waals surface area contributed by atoms with E-state index in [2.05, 4.69) is 10.2 Å². The molecule has 1 unspecified atom stereocenters. The first kappa shape index (κ1) is 14.5. The van der Waals surface area contributed by atoms with Crippen LogP contribution in [0.3, 0.4) is 0 Å². The Morgan fingerprint density at radius 2 is 2.06 bits per heavy atom. The quantitative estimate of drug-likeness (QED) is 0.348. The molecule has 0 aliphatic carbocycles. The van der Waals surface area contributed by atoms with Crippen LogP contribution >= 0.6 is 11.8 Å². The van der Waals surface area contributed by atoms with Crippen LogP contribution in [0.25, 0.3) is 0 Å². The summed E-state index contributed by atoms with van der Waals surface area (Å²) >= 11 is 1.36. The molecule has 6 heteroatoms. The van der Waals surface area contributed by atoms with Gasteiger partial charge in [-0.25, -0.2) is 5.84 Å². The van der Waals surface area contributed by atoms with E-state index >= 15 is 0 Å². The molecule has 0 saturated carbocycles. The number of carbonyl (C=O) groups excluding carboxylic acids is 2. The van der Waals surface area contributed by atoms with E-state index in [-0.39, 0.29) is 18.3 Å². The number of hydrogen-bond donors (Lipinski definition) is 2. The summed E-state index contributed by atoms with van der Waals surface area (Å²) in [7, 11) is 1.34. The predicted molar refractivity (Wildman–Crippen MR) is 70.6 cm³/mol. The highest BCUT2D eigenvalue weighted by Crippen LogP contribution is 2.29. The van der Waals surface area contributed by atoms with Gasteiger partial charge in [0, 0.05) is 5.75 Å². The summed E-state index contributed by atoms with van der Waals surface area (Å²) in [5.74, 6) is 5.09. The molecule has 18 heavy (non-hydrogen) atoms. The third-order valence-corrected chi connectivity index (χ3v) is 3.56. The second kappa shape index (κ2) is 7.73. The monoisotopic (exact) mass is 268 g/mol. The van der Waals surface area contributed by atoms with E-state index in [1.165, 1.54) is 18.9 Å². The van der Waals surface area contributed by atoms with Crippen molar-refractivity contribution in [3.63, 3.8) is 0 Å². The average molecular weight is 268 g/mol. The van der Waals surface area contributed by atoms with Crippen molar-refractivity contribution >= 4 is 23.6 Å². The highest BCUT2D eigenvalue weighted by Gasteiger charge is 2.20. The molecule has 1 aromatic rings.